The Hall–Kier alpha value is -1.47. The zero-order valence-corrected chi connectivity index (χ0v) is 7.75. The van der Waals surface area contributed by atoms with Crippen molar-refractivity contribution in [3.8, 4) is 18.2 Å². The lowest BCUT2D eigenvalue weighted by Gasteiger charge is -2.09. The fourth-order valence-electron chi connectivity index (χ4n) is 0.650. The second-order valence-corrected chi connectivity index (χ2v) is 2.68. The van der Waals surface area contributed by atoms with Gasteiger partial charge in [-0.3, -0.25) is 0 Å². The first-order valence-corrected chi connectivity index (χ1v) is 3.91. The average Bonchev–Trinajstić information content (AvgIpc) is 2.13. The molecule has 1 rings (SSSR count). The Bertz CT molecular complexity index is 348. The van der Waals surface area contributed by atoms with Gasteiger partial charge in [0.1, 0.15) is 17.2 Å². The molecule has 2 N–H and O–H groups in total. The fraction of sp³-hybridized carbons (Fsp3) is 0.250. The van der Waals surface area contributed by atoms with Gasteiger partial charge in [-0.1, -0.05) is 17.5 Å². The largest absolute Gasteiger partial charge is 0.460 e. The molecule has 0 aliphatic rings. The quantitative estimate of drug-likeness (QED) is 0.722. The zero-order valence-electron chi connectivity index (χ0n) is 6.99. The van der Waals surface area contributed by atoms with Crippen molar-refractivity contribution in [3.63, 3.8) is 0 Å². The lowest BCUT2D eigenvalue weighted by atomic mass is 10.4. The van der Waals surface area contributed by atoms with Crippen molar-refractivity contribution >= 4 is 17.4 Å². The molecule has 0 aliphatic carbocycles. The van der Waals surface area contributed by atoms with Crippen molar-refractivity contribution in [2.75, 3.05) is 5.73 Å². The molecule has 0 saturated carbocycles. The highest BCUT2D eigenvalue weighted by Crippen LogP contribution is 2.25. The first-order valence-electron chi connectivity index (χ1n) is 3.54. The maximum Gasteiger partial charge on any atom is 0.239 e. The third-order valence-corrected chi connectivity index (χ3v) is 1.66. The predicted octanol–water partition coefficient (Wildman–Crippen LogP) is 1.11. The Morgan fingerprint density at radius 1 is 1.69 bits per heavy atom. The number of ether oxygens (including phenoxy) is 1. The van der Waals surface area contributed by atoms with Crippen LogP contribution in [0.3, 0.4) is 0 Å². The number of anilines is 1. The molecular weight excluding hydrogens is 190 g/mol. The Labute approximate surface area is 81.1 Å². The van der Waals surface area contributed by atoms with Crippen LogP contribution in [0.15, 0.2) is 6.33 Å². The summed E-state index contributed by atoms with van der Waals surface area (Å²) in [7, 11) is 0. The lowest BCUT2D eigenvalue weighted by molar-refractivity contribution is 0.268. The van der Waals surface area contributed by atoms with Crippen LogP contribution in [0, 0.1) is 12.3 Å². The van der Waals surface area contributed by atoms with Crippen molar-refractivity contribution in [2.45, 2.75) is 13.0 Å². The van der Waals surface area contributed by atoms with Gasteiger partial charge in [0.2, 0.25) is 5.88 Å². The number of nitrogens with zero attached hydrogens (tertiary/aromatic N) is 2. The maximum absolute atomic E-state index is 5.75. The van der Waals surface area contributed by atoms with Crippen LogP contribution in [0.5, 0.6) is 5.88 Å². The summed E-state index contributed by atoms with van der Waals surface area (Å²) in [5.41, 5.74) is 5.42. The molecule has 0 radical (unpaired) electrons. The Balaban J connectivity index is 2.90. The molecule has 1 unspecified atom stereocenters. The van der Waals surface area contributed by atoms with Crippen molar-refractivity contribution in [1.29, 1.82) is 0 Å². The first-order chi connectivity index (χ1) is 6.15. The van der Waals surface area contributed by atoms with E-state index >= 15 is 0 Å². The highest BCUT2D eigenvalue weighted by Gasteiger charge is 2.09. The van der Waals surface area contributed by atoms with E-state index in [9.17, 15) is 0 Å². The van der Waals surface area contributed by atoms with E-state index < -0.39 is 6.10 Å². The molecule has 0 saturated heterocycles. The number of terminal acetylenes is 1. The smallest absolute Gasteiger partial charge is 0.239 e. The molecule has 0 aliphatic heterocycles. The van der Waals surface area contributed by atoms with Gasteiger partial charge in [0.15, 0.2) is 6.10 Å². The van der Waals surface area contributed by atoms with E-state index in [0.29, 0.717) is 0 Å². The summed E-state index contributed by atoms with van der Waals surface area (Å²) in [5.74, 6) is 2.76. The van der Waals surface area contributed by atoms with E-state index in [1.54, 1.807) is 6.92 Å². The summed E-state index contributed by atoms with van der Waals surface area (Å²) in [6.07, 6.45) is 5.98. The maximum atomic E-state index is 5.75. The van der Waals surface area contributed by atoms with Gasteiger partial charge in [0.25, 0.3) is 0 Å². The van der Waals surface area contributed by atoms with Crippen LogP contribution in [-0.4, -0.2) is 16.1 Å². The zero-order chi connectivity index (χ0) is 9.84. The number of nitrogen functional groups attached to an aromatic ring is 1. The highest BCUT2D eigenvalue weighted by atomic mass is 35.5. The third kappa shape index (κ3) is 2.23. The van der Waals surface area contributed by atoms with Crippen LogP contribution in [-0.2, 0) is 0 Å². The summed E-state index contributed by atoms with van der Waals surface area (Å²) in [5, 5.41) is 0.185. The van der Waals surface area contributed by atoms with Gasteiger partial charge in [-0.05, 0) is 6.92 Å². The Kier molecular flexibility index (Phi) is 2.93. The minimum atomic E-state index is -0.396. The summed E-state index contributed by atoms with van der Waals surface area (Å²) in [4.78, 5) is 7.46. The summed E-state index contributed by atoms with van der Waals surface area (Å²) < 4.78 is 5.18. The van der Waals surface area contributed by atoms with E-state index in [1.165, 1.54) is 6.33 Å². The Morgan fingerprint density at radius 3 is 3.00 bits per heavy atom. The summed E-state index contributed by atoms with van der Waals surface area (Å²) in [6, 6.07) is 0. The minimum absolute atomic E-state index is 0.177. The monoisotopic (exact) mass is 197 g/mol. The molecule has 0 bridgehead atoms. The van der Waals surface area contributed by atoms with Crippen LogP contribution < -0.4 is 10.5 Å². The van der Waals surface area contributed by atoms with Crippen LogP contribution in [0.1, 0.15) is 6.92 Å². The predicted molar refractivity (Wildman–Crippen MR) is 50.4 cm³/mol. The minimum Gasteiger partial charge on any atom is -0.460 e. The molecule has 4 nitrogen and oxygen atoms in total. The first kappa shape index (κ1) is 9.62. The van der Waals surface area contributed by atoms with Gasteiger partial charge in [-0.2, -0.15) is 0 Å². The van der Waals surface area contributed by atoms with Gasteiger partial charge < -0.3 is 10.5 Å². The highest BCUT2D eigenvalue weighted by molar-refractivity contribution is 6.33. The van der Waals surface area contributed by atoms with Crippen molar-refractivity contribution in [3.05, 3.63) is 11.3 Å². The number of halogens is 1. The van der Waals surface area contributed by atoms with Gasteiger partial charge in [0.05, 0.1) is 0 Å². The average molecular weight is 198 g/mol. The van der Waals surface area contributed by atoms with E-state index in [-0.39, 0.29) is 16.7 Å². The van der Waals surface area contributed by atoms with E-state index in [2.05, 4.69) is 15.9 Å². The van der Waals surface area contributed by atoms with Crippen molar-refractivity contribution in [1.82, 2.24) is 9.97 Å². The van der Waals surface area contributed by atoms with Gasteiger partial charge in [0, 0.05) is 0 Å². The van der Waals surface area contributed by atoms with E-state index in [4.69, 9.17) is 28.5 Å². The van der Waals surface area contributed by atoms with E-state index in [0.717, 1.165) is 0 Å². The second kappa shape index (κ2) is 3.97. The molecule has 0 fully saturated rings. The molecule has 1 aromatic heterocycles. The van der Waals surface area contributed by atoms with E-state index in [1.807, 2.05) is 0 Å². The molecule has 0 aromatic carbocycles. The number of rotatable bonds is 2. The number of nitrogens with two attached hydrogens (primary N) is 1. The van der Waals surface area contributed by atoms with Crippen LogP contribution in [0.4, 0.5) is 5.82 Å². The van der Waals surface area contributed by atoms with Crippen LogP contribution in [0.2, 0.25) is 5.02 Å². The summed E-state index contributed by atoms with van der Waals surface area (Å²) >= 11 is 5.75. The van der Waals surface area contributed by atoms with Gasteiger partial charge >= 0.3 is 0 Å². The molecule has 0 spiro atoms. The molecule has 68 valence electrons. The topological polar surface area (TPSA) is 61.0 Å². The molecular formula is C8H8ClN3O. The number of hydrogen-bond donors (Lipinski definition) is 1. The van der Waals surface area contributed by atoms with Crippen LogP contribution in [0.25, 0.3) is 0 Å². The molecule has 5 heteroatoms. The SMILES string of the molecule is C#CC(C)Oc1ncnc(N)c1Cl. The Morgan fingerprint density at radius 2 is 2.38 bits per heavy atom. The van der Waals surface area contributed by atoms with Crippen LogP contribution >= 0.6 is 11.6 Å². The van der Waals surface area contributed by atoms with Crippen molar-refractivity contribution < 1.29 is 4.74 Å². The summed E-state index contributed by atoms with van der Waals surface area (Å²) in [6.45, 7) is 1.70. The number of hydrogen-bond acceptors (Lipinski definition) is 4. The van der Waals surface area contributed by atoms with Gasteiger partial charge in [-0.25, -0.2) is 9.97 Å². The molecule has 0 amide bonds. The molecule has 13 heavy (non-hydrogen) atoms. The lowest BCUT2D eigenvalue weighted by Crippen LogP contribution is -2.10. The second-order valence-electron chi connectivity index (χ2n) is 2.30. The standard InChI is InChI=1S/C8H8ClN3O/c1-3-5(2)13-8-6(9)7(10)11-4-12-8/h1,4-5H,2H3,(H2,10,11,12). The fourth-order valence-corrected chi connectivity index (χ4v) is 0.792. The third-order valence-electron chi connectivity index (χ3n) is 1.31. The molecule has 1 aromatic rings. The number of aromatic nitrogens is 2. The molecule has 1 heterocycles. The molecule has 1 atom stereocenters. The van der Waals surface area contributed by atoms with Crippen molar-refractivity contribution in [2.24, 2.45) is 0 Å². The van der Waals surface area contributed by atoms with Gasteiger partial charge in [-0.15, -0.1) is 6.42 Å². The normalized spacial score (nSPS) is 11.8.